The molecular formula is C24H28BrNO4. The largest absolute Gasteiger partial charge is 0.504 e. The van der Waals surface area contributed by atoms with Crippen molar-refractivity contribution in [2.75, 3.05) is 7.11 Å². The van der Waals surface area contributed by atoms with Crippen molar-refractivity contribution in [3.05, 3.63) is 44.7 Å². The zero-order valence-corrected chi connectivity index (χ0v) is 19.7. The summed E-state index contributed by atoms with van der Waals surface area (Å²) in [6, 6.07) is 3.32. The Morgan fingerprint density at radius 2 is 1.47 bits per heavy atom. The number of phenolic OH excluding ortho intramolecular Hbond substituents is 1. The second kappa shape index (κ2) is 6.98. The van der Waals surface area contributed by atoms with E-state index in [4.69, 9.17) is 4.74 Å². The predicted octanol–water partition coefficient (Wildman–Crippen LogP) is 5.14. The van der Waals surface area contributed by atoms with E-state index in [0.717, 1.165) is 29.8 Å². The molecule has 1 aromatic rings. The number of benzene rings is 1. The second-order valence-electron chi connectivity index (χ2n) is 10.3. The summed E-state index contributed by atoms with van der Waals surface area (Å²) >= 11 is 3.56. The molecule has 2 aliphatic carbocycles. The molecule has 1 heterocycles. The number of dihydropyridines is 1. The van der Waals surface area contributed by atoms with Gasteiger partial charge in [0.15, 0.2) is 23.1 Å². The number of hydrogen-bond acceptors (Lipinski definition) is 5. The third-order valence-electron chi connectivity index (χ3n) is 6.33. The van der Waals surface area contributed by atoms with Gasteiger partial charge >= 0.3 is 0 Å². The van der Waals surface area contributed by atoms with Crippen molar-refractivity contribution in [2.24, 2.45) is 10.8 Å². The summed E-state index contributed by atoms with van der Waals surface area (Å²) in [7, 11) is 1.49. The van der Waals surface area contributed by atoms with E-state index < -0.39 is 5.92 Å². The normalized spacial score (nSPS) is 23.1. The average Bonchev–Trinajstić information content (AvgIpc) is 2.58. The first-order valence-corrected chi connectivity index (χ1v) is 11.1. The van der Waals surface area contributed by atoms with Gasteiger partial charge in [-0.3, -0.25) is 9.59 Å². The van der Waals surface area contributed by atoms with Crippen LogP contribution in [0.5, 0.6) is 11.5 Å². The molecule has 0 aromatic heterocycles. The summed E-state index contributed by atoms with van der Waals surface area (Å²) in [6.45, 7) is 8.41. The van der Waals surface area contributed by atoms with Crippen molar-refractivity contribution in [3.8, 4) is 11.5 Å². The number of nitrogens with one attached hydrogen (secondary N) is 1. The van der Waals surface area contributed by atoms with Crippen molar-refractivity contribution in [1.29, 1.82) is 0 Å². The summed E-state index contributed by atoms with van der Waals surface area (Å²) in [5, 5.41) is 13.7. The van der Waals surface area contributed by atoms with Crippen molar-refractivity contribution < 1.29 is 19.4 Å². The number of carbonyl (C=O) groups is 2. The predicted molar refractivity (Wildman–Crippen MR) is 118 cm³/mol. The van der Waals surface area contributed by atoms with Gasteiger partial charge in [-0.05, 0) is 41.4 Å². The Labute approximate surface area is 185 Å². The Morgan fingerprint density at radius 1 is 0.967 bits per heavy atom. The molecule has 2 N–H and O–H groups in total. The summed E-state index contributed by atoms with van der Waals surface area (Å²) < 4.78 is 5.99. The number of aromatic hydroxyl groups is 1. The Balaban J connectivity index is 1.97. The van der Waals surface area contributed by atoms with E-state index in [1.807, 2.05) is 0 Å². The Bertz CT molecular complexity index is 980. The lowest BCUT2D eigenvalue weighted by atomic mass is 9.64. The highest BCUT2D eigenvalue weighted by Crippen LogP contribution is 2.52. The van der Waals surface area contributed by atoms with Crippen LogP contribution in [0.2, 0.25) is 0 Å². The summed E-state index contributed by atoms with van der Waals surface area (Å²) in [5.41, 5.74) is 3.69. The third kappa shape index (κ3) is 3.49. The molecule has 0 saturated heterocycles. The quantitative estimate of drug-likeness (QED) is 0.621. The van der Waals surface area contributed by atoms with Gasteiger partial charge < -0.3 is 15.2 Å². The molecule has 0 radical (unpaired) electrons. The number of carbonyl (C=O) groups excluding carboxylic acids is 2. The Hall–Kier alpha value is -2.08. The van der Waals surface area contributed by atoms with E-state index in [-0.39, 0.29) is 28.1 Å². The molecule has 0 fully saturated rings. The van der Waals surface area contributed by atoms with Crippen LogP contribution in [0.15, 0.2) is 39.1 Å². The highest BCUT2D eigenvalue weighted by Gasteiger charge is 2.46. The van der Waals surface area contributed by atoms with Crippen LogP contribution in [0.4, 0.5) is 0 Å². The number of ketones is 2. The maximum absolute atomic E-state index is 13.3. The van der Waals surface area contributed by atoms with E-state index in [0.29, 0.717) is 34.2 Å². The van der Waals surface area contributed by atoms with Gasteiger partial charge in [0.2, 0.25) is 0 Å². The number of allylic oxidation sites excluding steroid dienone is 4. The highest BCUT2D eigenvalue weighted by atomic mass is 79.9. The van der Waals surface area contributed by atoms with Crippen molar-refractivity contribution in [3.63, 3.8) is 0 Å². The fraction of sp³-hybridized carbons (Fsp3) is 0.500. The number of hydrogen-bond donors (Lipinski definition) is 2. The summed E-state index contributed by atoms with van der Waals surface area (Å²) in [5.74, 6) is 0.0111. The van der Waals surface area contributed by atoms with Gasteiger partial charge in [0.05, 0.1) is 7.11 Å². The van der Waals surface area contributed by atoms with E-state index in [1.54, 1.807) is 12.1 Å². The minimum absolute atomic E-state index is 0.0117. The van der Waals surface area contributed by atoms with Gasteiger partial charge in [0.25, 0.3) is 0 Å². The SMILES string of the molecule is COc1cc(C2C3=C(CC(C)(C)CC3=O)NC3=C2C(=O)CC(C)(C)C3)c(Br)cc1O. The maximum atomic E-state index is 13.3. The molecule has 6 heteroatoms. The van der Waals surface area contributed by atoms with Gasteiger partial charge in [0.1, 0.15) is 0 Å². The molecule has 0 spiro atoms. The second-order valence-corrected chi connectivity index (χ2v) is 11.1. The van der Waals surface area contributed by atoms with Crippen LogP contribution < -0.4 is 10.1 Å². The smallest absolute Gasteiger partial charge is 0.162 e. The first kappa shape index (κ1) is 21.2. The molecule has 1 aromatic carbocycles. The molecule has 160 valence electrons. The molecule has 5 nitrogen and oxygen atoms in total. The lowest BCUT2D eigenvalue weighted by molar-refractivity contribution is -0.119. The van der Waals surface area contributed by atoms with Crippen molar-refractivity contribution in [2.45, 2.75) is 59.3 Å². The average molecular weight is 474 g/mol. The molecule has 0 unspecified atom stereocenters. The number of Topliss-reactive ketones (excluding diaryl/α,β-unsaturated/α-hetero) is 2. The number of halogens is 1. The van der Waals surface area contributed by atoms with Crippen LogP contribution in [0.25, 0.3) is 0 Å². The molecule has 3 aliphatic rings. The van der Waals surface area contributed by atoms with E-state index in [1.165, 1.54) is 7.11 Å². The number of phenols is 1. The van der Waals surface area contributed by atoms with Gasteiger partial charge in [-0.1, -0.05) is 43.6 Å². The Kier molecular flexibility index (Phi) is 4.92. The standard InChI is InChI=1S/C24H28BrNO4/c1-23(2)8-14-21(17(28)10-23)20(12-6-19(30-5)16(27)7-13(12)25)22-15(26-14)9-24(3,4)11-18(22)29/h6-7,20,26-27H,8-11H2,1-5H3. The van der Waals surface area contributed by atoms with Gasteiger partial charge in [-0.15, -0.1) is 0 Å². The Morgan fingerprint density at radius 3 is 1.93 bits per heavy atom. The van der Waals surface area contributed by atoms with Crippen LogP contribution in [0, 0.1) is 10.8 Å². The zero-order valence-electron chi connectivity index (χ0n) is 18.1. The van der Waals surface area contributed by atoms with Crippen LogP contribution in [0.3, 0.4) is 0 Å². The highest BCUT2D eigenvalue weighted by molar-refractivity contribution is 9.10. The molecular weight excluding hydrogens is 446 g/mol. The molecule has 4 rings (SSSR count). The first-order valence-electron chi connectivity index (χ1n) is 10.3. The first-order chi connectivity index (χ1) is 13.9. The zero-order chi connectivity index (χ0) is 22.0. The monoisotopic (exact) mass is 473 g/mol. The van der Waals surface area contributed by atoms with Crippen LogP contribution >= 0.6 is 15.9 Å². The molecule has 0 bridgehead atoms. The van der Waals surface area contributed by atoms with Crippen molar-refractivity contribution >= 4 is 27.5 Å². The number of methoxy groups -OCH3 is 1. The van der Waals surface area contributed by atoms with Crippen molar-refractivity contribution in [1.82, 2.24) is 5.32 Å². The third-order valence-corrected chi connectivity index (χ3v) is 7.02. The molecule has 0 amide bonds. The van der Waals surface area contributed by atoms with E-state index in [2.05, 4.69) is 48.9 Å². The molecule has 0 atom stereocenters. The van der Waals surface area contributed by atoms with Crippen LogP contribution in [0.1, 0.15) is 64.9 Å². The summed E-state index contributed by atoms with van der Waals surface area (Å²) in [4.78, 5) is 26.7. The van der Waals surface area contributed by atoms with Gasteiger partial charge in [0, 0.05) is 45.8 Å². The maximum Gasteiger partial charge on any atom is 0.162 e. The topological polar surface area (TPSA) is 75.6 Å². The van der Waals surface area contributed by atoms with Crippen LogP contribution in [-0.2, 0) is 9.59 Å². The lowest BCUT2D eigenvalue weighted by Crippen LogP contribution is -2.42. The summed E-state index contributed by atoms with van der Waals surface area (Å²) in [6.07, 6.45) is 2.39. The van der Waals surface area contributed by atoms with Crippen LogP contribution in [-0.4, -0.2) is 23.8 Å². The molecule has 1 aliphatic heterocycles. The number of ether oxygens (including phenoxy) is 1. The minimum atomic E-state index is -0.465. The fourth-order valence-corrected chi connectivity index (χ4v) is 5.70. The number of rotatable bonds is 2. The van der Waals surface area contributed by atoms with Gasteiger partial charge in [-0.2, -0.15) is 0 Å². The van der Waals surface area contributed by atoms with E-state index >= 15 is 0 Å². The molecule has 0 saturated carbocycles. The lowest BCUT2D eigenvalue weighted by Gasteiger charge is -2.44. The molecule has 30 heavy (non-hydrogen) atoms. The van der Waals surface area contributed by atoms with Gasteiger partial charge in [-0.25, -0.2) is 0 Å². The minimum Gasteiger partial charge on any atom is -0.504 e. The van der Waals surface area contributed by atoms with E-state index in [9.17, 15) is 14.7 Å². The fourth-order valence-electron chi connectivity index (χ4n) is 5.14.